The first-order valence-corrected chi connectivity index (χ1v) is 8.05. The Morgan fingerprint density at radius 1 is 1.24 bits per heavy atom. The number of amides is 1. The van der Waals surface area contributed by atoms with Gasteiger partial charge in [-0.1, -0.05) is 11.6 Å². The van der Waals surface area contributed by atoms with E-state index >= 15 is 0 Å². The fourth-order valence-electron chi connectivity index (χ4n) is 4.29. The van der Waals surface area contributed by atoms with E-state index in [1.165, 1.54) is 34.1 Å². The van der Waals surface area contributed by atoms with Crippen LogP contribution in [0.25, 0.3) is 10.9 Å². The Bertz CT molecular complexity index is 725. The van der Waals surface area contributed by atoms with Gasteiger partial charge in [0, 0.05) is 36.6 Å². The van der Waals surface area contributed by atoms with Crippen molar-refractivity contribution in [1.82, 2.24) is 9.47 Å². The standard InChI is InChI=1S/C18H22N2O/c1-12-7-8-16-15(11-12)14-5-3-6-17-18(14)20(16)10-4-9-19(17)13(2)21/h7-8,11,17H,3-6,9-10H2,1-2H3/t17-/m0/s1. The van der Waals surface area contributed by atoms with Crippen LogP contribution in [0.3, 0.4) is 0 Å². The lowest BCUT2D eigenvalue weighted by Crippen LogP contribution is -2.34. The second-order valence-corrected chi connectivity index (χ2v) is 6.51. The highest BCUT2D eigenvalue weighted by Gasteiger charge is 2.34. The van der Waals surface area contributed by atoms with Gasteiger partial charge in [0.1, 0.15) is 0 Å². The molecule has 2 heterocycles. The average molecular weight is 282 g/mol. The van der Waals surface area contributed by atoms with Crippen LogP contribution in [0.1, 0.15) is 49.0 Å². The third-order valence-corrected chi connectivity index (χ3v) is 5.15. The fraction of sp³-hybridized carbons (Fsp3) is 0.500. The number of hydrogen-bond donors (Lipinski definition) is 0. The molecule has 3 heteroatoms. The van der Waals surface area contributed by atoms with Gasteiger partial charge in [0.2, 0.25) is 5.91 Å². The molecule has 2 aliphatic rings. The molecule has 1 amide bonds. The van der Waals surface area contributed by atoms with Crippen LogP contribution < -0.4 is 0 Å². The molecule has 2 aromatic rings. The molecule has 1 aromatic carbocycles. The van der Waals surface area contributed by atoms with Gasteiger partial charge in [0.05, 0.1) is 6.04 Å². The SMILES string of the molecule is CC(=O)N1CCCn2c3c(c4cc(C)ccc42)CCC[C@@H]31. The summed E-state index contributed by atoms with van der Waals surface area (Å²) in [6, 6.07) is 7.09. The number of fused-ring (bicyclic) bond motifs is 3. The Labute approximate surface area is 125 Å². The Morgan fingerprint density at radius 2 is 2.10 bits per heavy atom. The van der Waals surface area contributed by atoms with Gasteiger partial charge in [-0.3, -0.25) is 4.79 Å². The van der Waals surface area contributed by atoms with Crippen LogP contribution in [0.4, 0.5) is 0 Å². The Morgan fingerprint density at radius 3 is 2.90 bits per heavy atom. The van der Waals surface area contributed by atoms with E-state index in [9.17, 15) is 4.79 Å². The molecule has 0 bridgehead atoms. The van der Waals surface area contributed by atoms with Crippen molar-refractivity contribution >= 4 is 16.8 Å². The molecule has 0 unspecified atom stereocenters. The highest BCUT2D eigenvalue weighted by atomic mass is 16.2. The predicted octanol–water partition coefficient (Wildman–Crippen LogP) is 3.58. The molecule has 0 fully saturated rings. The van der Waals surface area contributed by atoms with E-state index in [4.69, 9.17) is 0 Å². The molecule has 1 aliphatic carbocycles. The van der Waals surface area contributed by atoms with Crippen molar-refractivity contribution in [3.63, 3.8) is 0 Å². The maximum Gasteiger partial charge on any atom is 0.220 e. The van der Waals surface area contributed by atoms with Gasteiger partial charge in [0.15, 0.2) is 0 Å². The van der Waals surface area contributed by atoms with Crippen molar-refractivity contribution < 1.29 is 4.79 Å². The first-order chi connectivity index (χ1) is 10.2. The summed E-state index contributed by atoms with van der Waals surface area (Å²) in [5.74, 6) is 0.225. The number of aromatic nitrogens is 1. The molecule has 1 atom stereocenters. The second-order valence-electron chi connectivity index (χ2n) is 6.51. The normalized spacial score (nSPS) is 21.2. The molecule has 0 saturated carbocycles. The largest absolute Gasteiger partial charge is 0.342 e. The second kappa shape index (κ2) is 4.62. The van der Waals surface area contributed by atoms with Crippen LogP contribution in [0, 0.1) is 6.92 Å². The van der Waals surface area contributed by atoms with Crippen molar-refractivity contribution in [1.29, 1.82) is 0 Å². The van der Waals surface area contributed by atoms with Crippen molar-refractivity contribution in [2.45, 2.75) is 52.1 Å². The van der Waals surface area contributed by atoms with Crippen LogP contribution in [0.15, 0.2) is 18.2 Å². The van der Waals surface area contributed by atoms with Crippen LogP contribution >= 0.6 is 0 Å². The fourth-order valence-corrected chi connectivity index (χ4v) is 4.29. The Kier molecular flexibility index (Phi) is 2.84. The van der Waals surface area contributed by atoms with Gasteiger partial charge in [-0.2, -0.15) is 0 Å². The minimum Gasteiger partial charge on any atom is -0.342 e. The first kappa shape index (κ1) is 12.9. The molecule has 1 aromatic heterocycles. The lowest BCUT2D eigenvalue weighted by Gasteiger charge is -2.33. The minimum absolute atomic E-state index is 0.225. The molecule has 1 aliphatic heterocycles. The highest BCUT2D eigenvalue weighted by molar-refractivity contribution is 5.87. The number of carbonyl (C=O) groups is 1. The topological polar surface area (TPSA) is 25.2 Å². The molecule has 3 nitrogen and oxygen atoms in total. The zero-order valence-corrected chi connectivity index (χ0v) is 12.9. The van der Waals surface area contributed by atoms with E-state index < -0.39 is 0 Å². The number of hydrogen-bond acceptors (Lipinski definition) is 1. The van der Waals surface area contributed by atoms with E-state index in [2.05, 4.69) is 34.6 Å². The summed E-state index contributed by atoms with van der Waals surface area (Å²) < 4.78 is 2.50. The zero-order chi connectivity index (χ0) is 14.6. The van der Waals surface area contributed by atoms with E-state index in [-0.39, 0.29) is 5.91 Å². The summed E-state index contributed by atoms with van der Waals surface area (Å²) in [4.78, 5) is 14.2. The van der Waals surface area contributed by atoms with Crippen molar-refractivity contribution in [2.24, 2.45) is 0 Å². The maximum atomic E-state index is 12.1. The van der Waals surface area contributed by atoms with Crippen LogP contribution in [0.5, 0.6) is 0 Å². The summed E-state index contributed by atoms with van der Waals surface area (Å²) in [5.41, 5.74) is 5.61. The lowest BCUT2D eigenvalue weighted by atomic mass is 9.90. The summed E-state index contributed by atoms with van der Waals surface area (Å²) in [6.45, 7) is 5.82. The zero-order valence-electron chi connectivity index (χ0n) is 12.9. The van der Waals surface area contributed by atoms with E-state index in [0.717, 1.165) is 32.4 Å². The molecular formula is C18H22N2O. The molecule has 0 spiro atoms. The average Bonchev–Trinajstić information content (AvgIpc) is 2.64. The van der Waals surface area contributed by atoms with Crippen LogP contribution in [0.2, 0.25) is 0 Å². The van der Waals surface area contributed by atoms with Gasteiger partial charge >= 0.3 is 0 Å². The van der Waals surface area contributed by atoms with E-state index in [0.29, 0.717) is 6.04 Å². The first-order valence-electron chi connectivity index (χ1n) is 8.05. The van der Waals surface area contributed by atoms with Gasteiger partial charge in [-0.05, 0) is 50.3 Å². The Hall–Kier alpha value is -1.77. The van der Waals surface area contributed by atoms with Gasteiger partial charge in [0.25, 0.3) is 0 Å². The monoisotopic (exact) mass is 282 g/mol. The Balaban J connectivity index is 2.00. The summed E-state index contributed by atoms with van der Waals surface area (Å²) in [5, 5.41) is 1.42. The predicted molar refractivity (Wildman–Crippen MR) is 84.4 cm³/mol. The summed E-state index contributed by atoms with van der Waals surface area (Å²) in [7, 11) is 0. The van der Waals surface area contributed by atoms with Crippen molar-refractivity contribution in [2.75, 3.05) is 6.54 Å². The summed E-state index contributed by atoms with van der Waals surface area (Å²) in [6.07, 6.45) is 4.51. The van der Waals surface area contributed by atoms with Crippen molar-refractivity contribution in [3.05, 3.63) is 35.0 Å². The van der Waals surface area contributed by atoms with Gasteiger partial charge in [-0.15, -0.1) is 0 Å². The lowest BCUT2D eigenvalue weighted by molar-refractivity contribution is -0.131. The number of rotatable bonds is 0. The molecule has 110 valence electrons. The van der Waals surface area contributed by atoms with Gasteiger partial charge in [-0.25, -0.2) is 0 Å². The molecule has 21 heavy (non-hydrogen) atoms. The molecule has 0 N–H and O–H groups in total. The number of nitrogens with zero attached hydrogens (tertiary/aromatic N) is 2. The van der Waals surface area contributed by atoms with Crippen LogP contribution in [-0.2, 0) is 17.8 Å². The smallest absolute Gasteiger partial charge is 0.220 e. The molecule has 0 saturated heterocycles. The van der Waals surface area contributed by atoms with Gasteiger partial charge < -0.3 is 9.47 Å². The third-order valence-electron chi connectivity index (χ3n) is 5.15. The quantitative estimate of drug-likeness (QED) is 0.725. The van der Waals surface area contributed by atoms with E-state index in [1.54, 1.807) is 6.92 Å². The number of benzene rings is 1. The third kappa shape index (κ3) is 1.83. The molecule has 4 rings (SSSR count). The number of carbonyl (C=O) groups excluding carboxylic acids is 1. The van der Waals surface area contributed by atoms with Crippen LogP contribution in [-0.4, -0.2) is 21.9 Å². The minimum atomic E-state index is 0.225. The maximum absolute atomic E-state index is 12.1. The molecule has 0 radical (unpaired) electrons. The van der Waals surface area contributed by atoms with E-state index in [1.807, 2.05) is 0 Å². The summed E-state index contributed by atoms with van der Waals surface area (Å²) >= 11 is 0. The van der Waals surface area contributed by atoms with Crippen molar-refractivity contribution in [3.8, 4) is 0 Å². The molecular weight excluding hydrogens is 260 g/mol. The highest BCUT2D eigenvalue weighted by Crippen LogP contribution is 2.42. The number of aryl methyl sites for hydroxylation is 3.